The fourth-order valence-electron chi connectivity index (χ4n) is 2.52. The van der Waals surface area contributed by atoms with E-state index < -0.39 is 0 Å². The fourth-order valence-corrected chi connectivity index (χ4v) is 3.51. The van der Waals surface area contributed by atoms with Gasteiger partial charge in [-0.25, -0.2) is 0 Å². The van der Waals surface area contributed by atoms with Gasteiger partial charge in [0.1, 0.15) is 0 Å². The summed E-state index contributed by atoms with van der Waals surface area (Å²) in [7, 11) is 1.52. The number of aromatic hydroxyl groups is 1. The molecule has 0 fully saturated rings. The first kappa shape index (κ1) is 20.2. The summed E-state index contributed by atoms with van der Waals surface area (Å²) >= 11 is 7.50. The van der Waals surface area contributed by atoms with Gasteiger partial charge in [0, 0.05) is 17.2 Å². The van der Waals surface area contributed by atoms with Crippen molar-refractivity contribution in [3.8, 4) is 11.5 Å². The van der Waals surface area contributed by atoms with Crippen LogP contribution in [0, 0.1) is 0 Å². The highest BCUT2D eigenvalue weighted by Gasteiger charge is 2.12. The van der Waals surface area contributed by atoms with Gasteiger partial charge in [-0.2, -0.15) is 9.78 Å². The van der Waals surface area contributed by atoms with Crippen LogP contribution in [0.15, 0.2) is 52.7 Å². The zero-order valence-electron chi connectivity index (χ0n) is 15.7. The topological polar surface area (TPSA) is 72.5 Å². The summed E-state index contributed by atoms with van der Waals surface area (Å²) in [5, 5.41) is 24.5. The van der Waals surface area contributed by atoms with E-state index in [1.807, 2.05) is 30.3 Å². The lowest BCUT2D eigenvalue weighted by molar-refractivity contribution is 0.373. The summed E-state index contributed by atoms with van der Waals surface area (Å²) in [6.45, 7) is 2.09. The van der Waals surface area contributed by atoms with Gasteiger partial charge in [-0.05, 0) is 47.9 Å². The van der Waals surface area contributed by atoms with E-state index in [1.54, 1.807) is 34.8 Å². The number of phenols is 1. The number of thioether (sulfide) groups is 1. The molecule has 0 aliphatic rings. The zero-order chi connectivity index (χ0) is 19.9. The van der Waals surface area contributed by atoms with Crippen LogP contribution in [-0.2, 0) is 12.2 Å². The summed E-state index contributed by atoms with van der Waals surface area (Å²) in [5.41, 5.74) is 1.90. The van der Waals surface area contributed by atoms with Crippen molar-refractivity contribution >= 4 is 29.6 Å². The van der Waals surface area contributed by atoms with Gasteiger partial charge in [0.25, 0.3) is 0 Å². The van der Waals surface area contributed by atoms with E-state index in [0.29, 0.717) is 10.9 Å². The summed E-state index contributed by atoms with van der Waals surface area (Å²) in [4.78, 5) is 0. The molecular formula is C20H21ClN4O2S. The third-order valence-corrected chi connectivity index (χ3v) is 5.20. The number of aromatic nitrogens is 3. The SMILES string of the molecule is CCCc1nnc(SCc2ccc(Cl)cc2)n1N=Cc1ccc(OC)c(O)c1. The second-order valence-corrected chi connectivity index (χ2v) is 7.43. The van der Waals surface area contributed by atoms with Crippen molar-refractivity contribution < 1.29 is 9.84 Å². The van der Waals surface area contributed by atoms with Gasteiger partial charge in [-0.1, -0.05) is 42.4 Å². The third kappa shape index (κ3) is 5.05. The predicted molar refractivity (Wildman–Crippen MR) is 113 cm³/mol. The highest BCUT2D eigenvalue weighted by atomic mass is 35.5. The average Bonchev–Trinajstić information content (AvgIpc) is 3.08. The summed E-state index contributed by atoms with van der Waals surface area (Å²) in [6.07, 6.45) is 3.40. The van der Waals surface area contributed by atoms with E-state index in [4.69, 9.17) is 16.3 Å². The molecule has 0 saturated heterocycles. The maximum Gasteiger partial charge on any atom is 0.212 e. The first-order chi connectivity index (χ1) is 13.6. The Hall–Kier alpha value is -2.51. The van der Waals surface area contributed by atoms with E-state index >= 15 is 0 Å². The lowest BCUT2D eigenvalue weighted by Gasteiger charge is -2.05. The Bertz CT molecular complexity index is 957. The standard InChI is InChI=1S/C20H21ClN4O2S/c1-3-4-19-23-24-20(28-13-14-5-8-16(21)9-6-14)25(19)22-12-15-7-10-18(27-2)17(26)11-15/h5-12,26H,3-4,13H2,1-2H3. The van der Waals surface area contributed by atoms with Crippen molar-refractivity contribution in [1.82, 2.24) is 14.9 Å². The second kappa shape index (κ2) is 9.61. The van der Waals surface area contributed by atoms with E-state index in [2.05, 4.69) is 22.2 Å². The number of aryl methyl sites for hydroxylation is 1. The Morgan fingerprint density at radius 1 is 1.21 bits per heavy atom. The van der Waals surface area contributed by atoms with Crippen molar-refractivity contribution in [1.29, 1.82) is 0 Å². The van der Waals surface area contributed by atoms with Crippen molar-refractivity contribution in [2.24, 2.45) is 5.10 Å². The summed E-state index contributed by atoms with van der Waals surface area (Å²) in [6, 6.07) is 12.9. The number of nitrogens with zero attached hydrogens (tertiary/aromatic N) is 4. The maximum absolute atomic E-state index is 9.94. The molecule has 146 valence electrons. The molecule has 0 unspecified atom stereocenters. The average molecular weight is 417 g/mol. The molecule has 0 atom stereocenters. The Labute approximate surface area is 173 Å². The molecule has 0 amide bonds. The number of rotatable bonds is 8. The maximum atomic E-state index is 9.94. The van der Waals surface area contributed by atoms with Crippen LogP contribution in [0.3, 0.4) is 0 Å². The monoisotopic (exact) mass is 416 g/mol. The predicted octanol–water partition coefficient (Wildman–Crippen LogP) is 4.77. The van der Waals surface area contributed by atoms with Crippen molar-refractivity contribution in [2.45, 2.75) is 30.7 Å². The molecule has 1 aromatic heterocycles. The number of ether oxygens (including phenoxy) is 1. The Morgan fingerprint density at radius 3 is 2.68 bits per heavy atom. The second-order valence-electron chi connectivity index (χ2n) is 6.05. The van der Waals surface area contributed by atoms with Crippen LogP contribution in [0.4, 0.5) is 0 Å². The molecule has 8 heteroatoms. The Balaban J connectivity index is 1.80. The lowest BCUT2D eigenvalue weighted by atomic mass is 10.2. The summed E-state index contributed by atoms with van der Waals surface area (Å²) in [5.74, 6) is 2.03. The quantitative estimate of drug-likeness (QED) is 0.423. The number of phenolic OH excluding ortho intramolecular Hbond substituents is 1. The fraction of sp³-hybridized carbons (Fsp3) is 0.250. The normalized spacial score (nSPS) is 11.2. The molecule has 2 aromatic carbocycles. The van der Waals surface area contributed by atoms with Gasteiger partial charge < -0.3 is 9.84 Å². The van der Waals surface area contributed by atoms with Crippen LogP contribution in [0.25, 0.3) is 0 Å². The van der Waals surface area contributed by atoms with Crippen LogP contribution in [-0.4, -0.2) is 33.3 Å². The third-order valence-electron chi connectivity index (χ3n) is 3.96. The van der Waals surface area contributed by atoms with Crippen LogP contribution in [0.5, 0.6) is 11.5 Å². The molecule has 1 heterocycles. The Kier molecular flexibility index (Phi) is 6.95. The highest BCUT2D eigenvalue weighted by molar-refractivity contribution is 7.98. The molecule has 6 nitrogen and oxygen atoms in total. The van der Waals surface area contributed by atoms with Crippen molar-refractivity contribution in [3.05, 3.63) is 64.4 Å². The largest absolute Gasteiger partial charge is 0.504 e. The highest BCUT2D eigenvalue weighted by Crippen LogP contribution is 2.26. The first-order valence-corrected chi connectivity index (χ1v) is 10.2. The lowest BCUT2D eigenvalue weighted by Crippen LogP contribution is -2.00. The van der Waals surface area contributed by atoms with Crippen LogP contribution in [0.2, 0.25) is 5.02 Å². The molecule has 28 heavy (non-hydrogen) atoms. The molecule has 1 N–H and O–H groups in total. The van der Waals surface area contributed by atoms with Gasteiger partial charge in [0.05, 0.1) is 13.3 Å². The minimum Gasteiger partial charge on any atom is -0.504 e. The van der Waals surface area contributed by atoms with Crippen LogP contribution in [0.1, 0.15) is 30.3 Å². The van der Waals surface area contributed by atoms with Gasteiger partial charge >= 0.3 is 0 Å². The molecule has 0 saturated carbocycles. The zero-order valence-corrected chi connectivity index (χ0v) is 17.2. The molecule has 0 spiro atoms. The smallest absolute Gasteiger partial charge is 0.212 e. The van der Waals surface area contributed by atoms with Crippen molar-refractivity contribution in [3.63, 3.8) is 0 Å². The number of methoxy groups -OCH3 is 1. The molecule has 0 aliphatic heterocycles. The molecule has 0 aliphatic carbocycles. The van der Waals surface area contributed by atoms with Crippen LogP contribution >= 0.6 is 23.4 Å². The molecule has 0 radical (unpaired) electrons. The minimum absolute atomic E-state index is 0.0707. The van der Waals surface area contributed by atoms with E-state index in [1.165, 1.54) is 7.11 Å². The Morgan fingerprint density at radius 2 is 2.00 bits per heavy atom. The molecule has 3 rings (SSSR count). The first-order valence-electron chi connectivity index (χ1n) is 8.83. The van der Waals surface area contributed by atoms with Gasteiger partial charge in [-0.15, -0.1) is 10.2 Å². The van der Waals surface area contributed by atoms with Crippen LogP contribution < -0.4 is 4.74 Å². The van der Waals surface area contributed by atoms with E-state index in [-0.39, 0.29) is 5.75 Å². The number of hydrogen-bond donors (Lipinski definition) is 1. The number of benzene rings is 2. The van der Waals surface area contributed by atoms with Gasteiger partial charge in [-0.3, -0.25) is 0 Å². The van der Waals surface area contributed by atoms with Gasteiger partial charge in [0.2, 0.25) is 5.16 Å². The van der Waals surface area contributed by atoms with Gasteiger partial charge in [0.15, 0.2) is 17.3 Å². The number of hydrogen-bond acceptors (Lipinski definition) is 6. The molecule has 3 aromatic rings. The minimum atomic E-state index is 0.0707. The molecular weight excluding hydrogens is 396 g/mol. The van der Waals surface area contributed by atoms with E-state index in [0.717, 1.165) is 40.6 Å². The number of halogens is 1. The molecule has 0 bridgehead atoms. The van der Waals surface area contributed by atoms with Crippen molar-refractivity contribution in [2.75, 3.05) is 7.11 Å². The van der Waals surface area contributed by atoms with E-state index in [9.17, 15) is 5.11 Å². The summed E-state index contributed by atoms with van der Waals surface area (Å²) < 4.78 is 6.83.